The summed E-state index contributed by atoms with van der Waals surface area (Å²) in [4.78, 5) is 42.8. The number of aliphatic hydroxyl groups is 2. The van der Waals surface area contributed by atoms with Gasteiger partial charge in [0, 0.05) is 0 Å². The SMILES string of the molecule is COC(=O)c1ccc(C(=O)OC)cc1.O=C(O)c1cccc(C(=O)O)c1.OCCO. The normalized spacial score (nSPS) is 9.07. The monoisotopic (exact) mass is 422 g/mol. The summed E-state index contributed by atoms with van der Waals surface area (Å²) in [6.07, 6.45) is 0. The number of aliphatic hydroxyl groups excluding tert-OH is 2. The minimum atomic E-state index is -1.13. The van der Waals surface area contributed by atoms with Crippen LogP contribution in [0.15, 0.2) is 48.5 Å². The number of aromatic carboxylic acids is 2. The number of hydrogen-bond donors (Lipinski definition) is 4. The molecule has 0 aliphatic rings. The van der Waals surface area contributed by atoms with Gasteiger partial charge in [-0.15, -0.1) is 0 Å². The van der Waals surface area contributed by atoms with Crippen LogP contribution in [-0.2, 0) is 9.47 Å². The Labute approximate surface area is 171 Å². The van der Waals surface area contributed by atoms with E-state index in [2.05, 4.69) is 9.47 Å². The van der Waals surface area contributed by atoms with Gasteiger partial charge in [0.1, 0.15) is 0 Å². The average Bonchev–Trinajstić information content (AvgIpc) is 2.78. The smallest absolute Gasteiger partial charge is 0.337 e. The van der Waals surface area contributed by atoms with Crippen LogP contribution in [0.5, 0.6) is 0 Å². The maximum atomic E-state index is 11.0. The summed E-state index contributed by atoms with van der Waals surface area (Å²) in [5, 5.41) is 32.2. The number of ether oxygens (including phenoxy) is 2. The van der Waals surface area contributed by atoms with Crippen molar-refractivity contribution >= 4 is 23.9 Å². The second-order valence-electron chi connectivity index (χ2n) is 5.20. The highest BCUT2D eigenvalue weighted by Crippen LogP contribution is 2.06. The number of methoxy groups -OCH3 is 2. The molecule has 2 rings (SSSR count). The minimum Gasteiger partial charge on any atom is -0.478 e. The van der Waals surface area contributed by atoms with Crippen molar-refractivity contribution in [2.24, 2.45) is 0 Å². The van der Waals surface area contributed by atoms with Gasteiger partial charge < -0.3 is 29.9 Å². The minimum absolute atomic E-state index is 0.0186. The third kappa shape index (κ3) is 9.44. The molecule has 0 amide bonds. The van der Waals surface area contributed by atoms with E-state index in [1.165, 1.54) is 56.7 Å². The first-order chi connectivity index (χ1) is 14.2. The van der Waals surface area contributed by atoms with Gasteiger partial charge in [-0.2, -0.15) is 0 Å². The van der Waals surface area contributed by atoms with E-state index in [4.69, 9.17) is 20.4 Å². The van der Waals surface area contributed by atoms with Crippen LogP contribution in [0.4, 0.5) is 0 Å². The van der Waals surface area contributed by atoms with Crippen molar-refractivity contribution in [2.45, 2.75) is 0 Å². The maximum absolute atomic E-state index is 11.0. The molecule has 10 heteroatoms. The van der Waals surface area contributed by atoms with Gasteiger partial charge in [0.2, 0.25) is 0 Å². The van der Waals surface area contributed by atoms with Crippen molar-refractivity contribution in [3.05, 3.63) is 70.8 Å². The summed E-state index contributed by atoms with van der Waals surface area (Å²) < 4.78 is 9.02. The number of rotatable bonds is 5. The van der Waals surface area contributed by atoms with Crippen LogP contribution in [0.25, 0.3) is 0 Å². The first-order valence-electron chi connectivity index (χ1n) is 8.26. The van der Waals surface area contributed by atoms with Gasteiger partial charge in [-0.25, -0.2) is 19.2 Å². The second kappa shape index (κ2) is 14.3. The average molecular weight is 422 g/mol. The second-order valence-corrected chi connectivity index (χ2v) is 5.20. The lowest BCUT2D eigenvalue weighted by molar-refractivity contribution is 0.0586. The lowest BCUT2D eigenvalue weighted by atomic mass is 10.1. The molecule has 0 saturated carbocycles. The molecule has 0 heterocycles. The van der Waals surface area contributed by atoms with E-state index in [-0.39, 0.29) is 24.3 Å². The van der Waals surface area contributed by atoms with Gasteiger partial charge >= 0.3 is 23.9 Å². The third-order valence-corrected chi connectivity index (χ3v) is 3.18. The standard InChI is InChI=1S/C10H10O4.C8H6O4.C2H6O2/c1-13-9(11)7-3-5-8(6-4-7)10(12)14-2;9-7(10)5-2-1-3-6(4-5)8(11)12;3-1-2-4/h3-6H,1-2H3;1-4H,(H,9,10)(H,11,12);3-4H,1-2H2. The van der Waals surface area contributed by atoms with Crippen LogP contribution in [0.1, 0.15) is 41.4 Å². The van der Waals surface area contributed by atoms with Gasteiger partial charge in [-0.3, -0.25) is 0 Å². The number of carboxylic acid groups (broad SMARTS) is 2. The predicted molar refractivity (Wildman–Crippen MR) is 104 cm³/mol. The van der Waals surface area contributed by atoms with E-state index in [1.54, 1.807) is 0 Å². The third-order valence-electron chi connectivity index (χ3n) is 3.18. The Morgan fingerprint density at radius 1 is 0.667 bits per heavy atom. The molecule has 0 saturated heterocycles. The van der Waals surface area contributed by atoms with Crippen molar-refractivity contribution in [1.82, 2.24) is 0 Å². The van der Waals surface area contributed by atoms with Crippen molar-refractivity contribution < 1.29 is 49.1 Å². The van der Waals surface area contributed by atoms with E-state index in [0.717, 1.165) is 6.07 Å². The molecular weight excluding hydrogens is 400 g/mol. The van der Waals surface area contributed by atoms with Crippen LogP contribution >= 0.6 is 0 Å². The molecular formula is C20H22O10. The molecule has 0 radical (unpaired) electrons. The Kier molecular flexibility index (Phi) is 12.5. The molecule has 10 nitrogen and oxygen atoms in total. The topological polar surface area (TPSA) is 168 Å². The molecule has 2 aromatic carbocycles. The maximum Gasteiger partial charge on any atom is 0.337 e. The van der Waals surface area contributed by atoms with Crippen molar-refractivity contribution in [3.63, 3.8) is 0 Å². The molecule has 0 aliphatic heterocycles. The number of carbonyl (C=O) groups is 4. The van der Waals surface area contributed by atoms with Crippen LogP contribution in [0, 0.1) is 0 Å². The molecule has 2 aromatic rings. The number of hydrogen-bond acceptors (Lipinski definition) is 8. The van der Waals surface area contributed by atoms with E-state index in [9.17, 15) is 19.2 Å². The number of benzene rings is 2. The van der Waals surface area contributed by atoms with E-state index in [0.29, 0.717) is 11.1 Å². The summed E-state index contributed by atoms with van der Waals surface area (Å²) in [5.41, 5.74) is 0.769. The first-order valence-corrected chi connectivity index (χ1v) is 8.26. The Morgan fingerprint density at radius 2 is 1.00 bits per heavy atom. The predicted octanol–water partition coefficient (Wildman–Crippen LogP) is 1.31. The molecule has 4 N–H and O–H groups in total. The summed E-state index contributed by atoms with van der Waals surface area (Å²) >= 11 is 0. The zero-order valence-electron chi connectivity index (χ0n) is 16.3. The molecule has 30 heavy (non-hydrogen) atoms. The highest BCUT2D eigenvalue weighted by Gasteiger charge is 2.08. The fourth-order valence-electron chi connectivity index (χ4n) is 1.76. The molecule has 0 aromatic heterocycles. The Morgan fingerprint density at radius 3 is 1.23 bits per heavy atom. The van der Waals surface area contributed by atoms with Crippen molar-refractivity contribution in [2.75, 3.05) is 27.4 Å². The van der Waals surface area contributed by atoms with E-state index < -0.39 is 23.9 Å². The lowest BCUT2D eigenvalue weighted by Crippen LogP contribution is -2.04. The van der Waals surface area contributed by atoms with Crippen LogP contribution in [0.3, 0.4) is 0 Å². The molecule has 0 unspecified atom stereocenters. The fraction of sp³-hybridized carbons (Fsp3) is 0.200. The highest BCUT2D eigenvalue weighted by atomic mass is 16.5. The number of carboxylic acids is 2. The van der Waals surface area contributed by atoms with Crippen molar-refractivity contribution in [1.29, 1.82) is 0 Å². The summed E-state index contributed by atoms with van der Waals surface area (Å²) in [6.45, 7) is -0.250. The summed E-state index contributed by atoms with van der Waals surface area (Å²) in [7, 11) is 2.60. The van der Waals surface area contributed by atoms with Gasteiger partial charge in [0.05, 0.1) is 49.7 Å². The van der Waals surface area contributed by atoms with Crippen LogP contribution < -0.4 is 0 Å². The highest BCUT2D eigenvalue weighted by molar-refractivity contribution is 5.94. The molecule has 0 atom stereocenters. The molecule has 0 fully saturated rings. The van der Waals surface area contributed by atoms with Crippen molar-refractivity contribution in [3.8, 4) is 0 Å². The lowest BCUT2D eigenvalue weighted by Gasteiger charge is -2.00. The summed E-state index contributed by atoms with van der Waals surface area (Å²) in [6, 6.07) is 11.2. The van der Waals surface area contributed by atoms with E-state index >= 15 is 0 Å². The van der Waals surface area contributed by atoms with E-state index in [1.807, 2.05) is 0 Å². The molecule has 0 spiro atoms. The number of carbonyl (C=O) groups excluding carboxylic acids is 2. The van der Waals surface area contributed by atoms with Crippen LogP contribution in [0.2, 0.25) is 0 Å². The largest absolute Gasteiger partial charge is 0.478 e. The van der Waals surface area contributed by atoms with Gasteiger partial charge in [-0.1, -0.05) is 6.07 Å². The Hall–Kier alpha value is -3.76. The van der Waals surface area contributed by atoms with Gasteiger partial charge in [0.25, 0.3) is 0 Å². The van der Waals surface area contributed by atoms with Gasteiger partial charge in [-0.05, 0) is 42.5 Å². The fourth-order valence-corrected chi connectivity index (χ4v) is 1.76. The van der Waals surface area contributed by atoms with Crippen LogP contribution in [-0.4, -0.2) is 71.7 Å². The zero-order chi connectivity index (χ0) is 23.1. The Bertz CT molecular complexity index is 777. The molecule has 0 bridgehead atoms. The van der Waals surface area contributed by atoms with Gasteiger partial charge in [0.15, 0.2) is 0 Å². The Balaban J connectivity index is 0.000000481. The number of esters is 2. The first kappa shape index (κ1) is 26.2. The molecule has 162 valence electrons. The zero-order valence-corrected chi connectivity index (χ0v) is 16.3. The molecule has 0 aliphatic carbocycles. The summed E-state index contributed by atoms with van der Waals surface area (Å²) in [5.74, 6) is -3.11. The quantitative estimate of drug-likeness (QED) is 0.516.